The minimum absolute atomic E-state index is 0.0163. The summed E-state index contributed by atoms with van der Waals surface area (Å²) in [6, 6.07) is 14.4. The van der Waals surface area contributed by atoms with Gasteiger partial charge in [-0.15, -0.1) is 0 Å². The smallest absolute Gasteiger partial charge is 0.334 e. The van der Waals surface area contributed by atoms with E-state index in [9.17, 15) is 19.2 Å². The molecule has 0 aliphatic rings. The molecule has 11 heteroatoms. The van der Waals surface area contributed by atoms with Crippen LogP contribution in [0.25, 0.3) is 10.9 Å². The quantitative estimate of drug-likeness (QED) is 0.200. The van der Waals surface area contributed by atoms with Gasteiger partial charge in [0.05, 0.1) is 12.0 Å². The van der Waals surface area contributed by atoms with Crippen molar-refractivity contribution in [3.05, 3.63) is 71.9 Å². The molecule has 0 spiro atoms. The third kappa shape index (κ3) is 5.81. The minimum atomic E-state index is -1.92. The number of carbonyl (C=O) groups is 4. The van der Waals surface area contributed by atoms with Crippen LogP contribution in [0.1, 0.15) is 24.5 Å². The molecule has 10 N–H and O–H groups in total. The molecule has 190 valence electrons. The average Bonchev–Trinajstić information content (AvgIpc) is 3.28. The number of para-hydroxylation sites is 1. The van der Waals surface area contributed by atoms with Gasteiger partial charge in [-0.1, -0.05) is 55.5 Å². The second-order valence-electron chi connectivity index (χ2n) is 8.60. The van der Waals surface area contributed by atoms with Crippen molar-refractivity contribution in [2.24, 2.45) is 23.1 Å². The Morgan fingerprint density at radius 1 is 0.972 bits per heavy atom. The van der Waals surface area contributed by atoms with Gasteiger partial charge in [-0.05, 0) is 30.0 Å². The van der Waals surface area contributed by atoms with Crippen molar-refractivity contribution in [1.82, 2.24) is 21.2 Å². The zero-order valence-corrected chi connectivity index (χ0v) is 19.9. The maximum Gasteiger partial charge on any atom is 0.334 e. The SMILES string of the molecule is CCC(N)C(=O)NNC(=O)NC(Cc1ccccc1)(C(N)=O)C(Cc1c[nH]c2ccccc12)C(N)=O. The van der Waals surface area contributed by atoms with Crippen LogP contribution >= 0.6 is 0 Å². The van der Waals surface area contributed by atoms with E-state index >= 15 is 0 Å². The summed E-state index contributed by atoms with van der Waals surface area (Å²) in [5, 5.41) is 3.38. The van der Waals surface area contributed by atoms with Gasteiger partial charge in [0.25, 0.3) is 5.91 Å². The van der Waals surface area contributed by atoms with Crippen molar-refractivity contribution >= 4 is 34.7 Å². The fourth-order valence-electron chi connectivity index (χ4n) is 4.16. The highest BCUT2D eigenvalue weighted by atomic mass is 16.2. The van der Waals surface area contributed by atoms with E-state index in [1.54, 1.807) is 43.5 Å². The lowest BCUT2D eigenvalue weighted by Gasteiger charge is -2.37. The first kappa shape index (κ1) is 26.2. The molecule has 0 aliphatic heterocycles. The molecular weight excluding hydrogens is 462 g/mol. The number of carbonyl (C=O) groups excluding carboxylic acids is 4. The zero-order valence-electron chi connectivity index (χ0n) is 19.9. The number of aromatic amines is 1. The first-order valence-corrected chi connectivity index (χ1v) is 11.5. The minimum Gasteiger partial charge on any atom is -0.369 e. The van der Waals surface area contributed by atoms with Gasteiger partial charge in [-0.25, -0.2) is 10.2 Å². The Labute approximate surface area is 208 Å². The Morgan fingerprint density at radius 3 is 2.28 bits per heavy atom. The van der Waals surface area contributed by atoms with E-state index in [0.29, 0.717) is 12.0 Å². The highest BCUT2D eigenvalue weighted by molar-refractivity contribution is 5.97. The first-order valence-electron chi connectivity index (χ1n) is 11.5. The van der Waals surface area contributed by atoms with Gasteiger partial charge >= 0.3 is 6.03 Å². The summed E-state index contributed by atoms with van der Waals surface area (Å²) < 4.78 is 0. The van der Waals surface area contributed by atoms with Gasteiger partial charge in [-0.3, -0.25) is 19.8 Å². The molecule has 0 saturated heterocycles. The van der Waals surface area contributed by atoms with Gasteiger partial charge < -0.3 is 27.5 Å². The molecule has 3 rings (SSSR count). The summed E-state index contributed by atoms with van der Waals surface area (Å²) in [5.74, 6) is -3.63. The van der Waals surface area contributed by atoms with Crippen LogP contribution in [-0.2, 0) is 27.2 Å². The molecule has 5 amide bonds. The fourth-order valence-corrected chi connectivity index (χ4v) is 4.16. The van der Waals surface area contributed by atoms with Crippen molar-refractivity contribution < 1.29 is 19.2 Å². The lowest BCUT2D eigenvalue weighted by Crippen LogP contribution is -2.68. The second kappa shape index (κ2) is 11.4. The normalized spacial score (nSPS) is 14.3. The number of aromatic nitrogens is 1. The largest absolute Gasteiger partial charge is 0.369 e. The van der Waals surface area contributed by atoms with Gasteiger partial charge in [0.2, 0.25) is 11.8 Å². The number of amides is 5. The van der Waals surface area contributed by atoms with E-state index in [-0.39, 0.29) is 12.8 Å². The number of urea groups is 1. The monoisotopic (exact) mass is 493 g/mol. The maximum absolute atomic E-state index is 13.0. The Kier molecular flexibility index (Phi) is 8.28. The Balaban J connectivity index is 1.99. The van der Waals surface area contributed by atoms with E-state index in [1.807, 2.05) is 24.3 Å². The van der Waals surface area contributed by atoms with Crippen molar-refractivity contribution in [2.75, 3.05) is 0 Å². The first-order chi connectivity index (χ1) is 17.2. The summed E-state index contributed by atoms with van der Waals surface area (Å²) in [4.78, 5) is 53.9. The molecule has 0 bridgehead atoms. The molecule has 0 saturated carbocycles. The second-order valence-corrected chi connectivity index (χ2v) is 8.60. The molecule has 0 aliphatic carbocycles. The van der Waals surface area contributed by atoms with Crippen LogP contribution in [0.15, 0.2) is 60.8 Å². The van der Waals surface area contributed by atoms with Crippen molar-refractivity contribution in [3.8, 4) is 0 Å². The molecule has 3 unspecified atom stereocenters. The van der Waals surface area contributed by atoms with Crippen LogP contribution in [0, 0.1) is 5.92 Å². The molecule has 0 radical (unpaired) electrons. The molecule has 1 aromatic heterocycles. The fraction of sp³-hybridized carbons (Fsp3) is 0.280. The average molecular weight is 494 g/mol. The molecule has 3 atom stereocenters. The topological polar surface area (TPSA) is 198 Å². The third-order valence-corrected chi connectivity index (χ3v) is 6.22. The zero-order chi connectivity index (χ0) is 26.3. The van der Waals surface area contributed by atoms with Crippen LogP contribution in [0.4, 0.5) is 4.79 Å². The number of hydrogen-bond acceptors (Lipinski definition) is 5. The lowest BCUT2D eigenvalue weighted by atomic mass is 9.74. The van der Waals surface area contributed by atoms with Crippen molar-refractivity contribution in [2.45, 2.75) is 37.8 Å². The number of rotatable bonds is 10. The number of nitrogens with one attached hydrogen (secondary N) is 4. The van der Waals surface area contributed by atoms with E-state index in [0.717, 1.165) is 16.5 Å². The number of hydrogen-bond donors (Lipinski definition) is 7. The van der Waals surface area contributed by atoms with Gasteiger partial charge in [0.15, 0.2) is 0 Å². The summed E-state index contributed by atoms with van der Waals surface area (Å²) in [7, 11) is 0. The lowest BCUT2D eigenvalue weighted by molar-refractivity contribution is -0.134. The van der Waals surface area contributed by atoms with Gasteiger partial charge in [0.1, 0.15) is 5.54 Å². The molecule has 3 aromatic rings. The number of H-pyrrole nitrogens is 1. The van der Waals surface area contributed by atoms with Crippen LogP contribution in [0.3, 0.4) is 0 Å². The van der Waals surface area contributed by atoms with Crippen molar-refractivity contribution in [1.29, 1.82) is 0 Å². The molecule has 11 nitrogen and oxygen atoms in total. The summed E-state index contributed by atoms with van der Waals surface area (Å²) >= 11 is 0. The maximum atomic E-state index is 13.0. The number of benzene rings is 2. The van der Waals surface area contributed by atoms with E-state index in [2.05, 4.69) is 21.2 Å². The molecule has 2 aromatic carbocycles. The van der Waals surface area contributed by atoms with E-state index in [1.165, 1.54) is 0 Å². The van der Waals surface area contributed by atoms with E-state index < -0.39 is 41.3 Å². The summed E-state index contributed by atoms with van der Waals surface area (Å²) in [6.07, 6.45) is 1.97. The number of fused-ring (bicyclic) bond motifs is 1. The molecular formula is C25H31N7O4. The predicted octanol–water partition coefficient (Wildman–Crippen LogP) is 0.346. The van der Waals surface area contributed by atoms with Crippen LogP contribution in [0.5, 0.6) is 0 Å². The number of hydrazine groups is 1. The Hall–Kier alpha value is -4.38. The van der Waals surface area contributed by atoms with E-state index in [4.69, 9.17) is 17.2 Å². The highest BCUT2D eigenvalue weighted by Gasteiger charge is 2.49. The van der Waals surface area contributed by atoms with Crippen LogP contribution < -0.4 is 33.4 Å². The number of primary amides is 2. The molecule has 0 fully saturated rings. The van der Waals surface area contributed by atoms with Crippen molar-refractivity contribution in [3.63, 3.8) is 0 Å². The standard InChI is InChI=1S/C25H31N7O4/c1-2-19(26)22(34)31-32-24(36)30-25(23(28)35,13-15-8-4-3-5-9-15)18(21(27)33)12-16-14-29-20-11-7-6-10-17(16)20/h3-11,14,18-19,29H,2,12-13,26H2,1H3,(H2,27,33)(H2,28,35)(H,31,34)(H2,30,32,36). The van der Waals surface area contributed by atoms with Gasteiger partial charge in [0, 0.05) is 23.5 Å². The summed E-state index contributed by atoms with van der Waals surface area (Å²) in [6.45, 7) is 1.71. The molecule has 1 heterocycles. The Morgan fingerprint density at radius 2 is 1.64 bits per heavy atom. The van der Waals surface area contributed by atoms with Crippen LogP contribution in [-0.4, -0.2) is 40.3 Å². The van der Waals surface area contributed by atoms with Crippen LogP contribution in [0.2, 0.25) is 0 Å². The van der Waals surface area contributed by atoms with Gasteiger partial charge in [-0.2, -0.15) is 0 Å². The summed E-state index contributed by atoms with van der Waals surface area (Å²) in [5.41, 5.74) is 22.0. The molecule has 36 heavy (non-hydrogen) atoms. The number of nitrogens with two attached hydrogens (primary N) is 3. The highest BCUT2D eigenvalue weighted by Crippen LogP contribution is 2.29. The predicted molar refractivity (Wildman–Crippen MR) is 135 cm³/mol. The Bertz CT molecular complexity index is 1240. The third-order valence-electron chi connectivity index (χ3n) is 6.22.